The molecule has 162 valence electrons. The highest BCUT2D eigenvalue weighted by atomic mass is 19.1. The van der Waals surface area contributed by atoms with E-state index < -0.39 is 6.03 Å². The fraction of sp³-hybridized carbons (Fsp3) is 0.571. The quantitative estimate of drug-likeness (QED) is 0.594. The van der Waals surface area contributed by atoms with Crippen molar-refractivity contribution in [2.75, 3.05) is 25.0 Å². The van der Waals surface area contributed by atoms with E-state index in [1.807, 2.05) is 47.6 Å². The number of hydrogen-bond donors (Lipinski definition) is 4. The van der Waals surface area contributed by atoms with Gasteiger partial charge in [0.05, 0.1) is 6.61 Å². The monoisotopic (exact) mass is 398 g/mol. The molecule has 0 unspecified atom stereocenters. The van der Waals surface area contributed by atoms with Crippen LogP contribution in [-0.2, 0) is 4.74 Å². The molecule has 0 radical (unpaired) electrons. The summed E-state index contributed by atoms with van der Waals surface area (Å²) in [4.78, 5) is 11.0. The Morgan fingerprint density at radius 2 is 1.82 bits per heavy atom. The number of carbonyl (C=O) groups is 1. The van der Waals surface area contributed by atoms with Crippen molar-refractivity contribution in [3.8, 4) is 0 Å². The van der Waals surface area contributed by atoms with E-state index >= 15 is 0 Å². The largest absolute Gasteiger partial charge is 0.479 e. The van der Waals surface area contributed by atoms with E-state index in [0.717, 1.165) is 36.6 Å². The lowest BCUT2D eigenvalue weighted by molar-refractivity contribution is 0.157. The summed E-state index contributed by atoms with van der Waals surface area (Å²) in [6.07, 6.45) is 2.93. The first-order valence-corrected chi connectivity index (χ1v) is 9.92. The van der Waals surface area contributed by atoms with Gasteiger partial charge in [-0.2, -0.15) is 0 Å². The molecule has 0 saturated carbocycles. The van der Waals surface area contributed by atoms with Gasteiger partial charge >= 0.3 is 6.03 Å². The van der Waals surface area contributed by atoms with Crippen molar-refractivity contribution < 1.29 is 15.3 Å². The molecular formula is C21H39FN4O2. The maximum absolute atomic E-state index is 13.5. The van der Waals surface area contributed by atoms with E-state index in [1.165, 1.54) is 12.1 Å². The van der Waals surface area contributed by atoms with Crippen LogP contribution < -0.4 is 22.1 Å². The number of urea groups is 1. The third kappa shape index (κ3) is 9.08. The summed E-state index contributed by atoms with van der Waals surface area (Å²) < 4.78 is 18.7. The summed E-state index contributed by atoms with van der Waals surface area (Å²) in [5.74, 6) is 0.784. The Morgan fingerprint density at radius 3 is 2.18 bits per heavy atom. The SMILES string of the molecule is CC.CC(C)c1cc(F)cc(C(C)C)c1NC(N)=O.NC/C=C1\NCCCO1.[HH]. The number of halogens is 1. The highest BCUT2D eigenvalue weighted by molar-refractivity contribution is 5.90. The van der Waals surface area contributed by atoms with E-state index in [2.05, 4.69) is 10.6 Å². The standard InChI is InChI=1S/C13H19FN2O.C6H12N2O.C2H6.H2/c1-7(2)10-5-9(14)6-11(8(3)4)12(10)16-13(15)17;7-3-2-6-8-4-1-5-9-6;1-2;/h5-8H,1-4H3,(H3,15,16,17);2,8H,1,3-5,7H2;1-2H3;1H/b;6-2+;;. The van der Waals surface area contributed by atoms with Gasteiger partial charge in [-0.3, -0.25) is 0 Å². The lowest BCUT2D eigenvalue weighted by atomic mass is 9.92. The summed E-state index contributed by atoms with van der Waals surface area (Å²) >= 11 is 0. The predicted octanol–water partition coefficient (Wildman–Crippen LogP) is 4.63. The number of carbonyl (C=O) groups excluding carboxylic acids is 1. The normalized spacial score (nSPS) is 14.3. The van der Waals surface area contributed by atoms with Gasteiger partial charge < -0.3 is 26.8 Å². The van der Waals surface area contributed by atoms with Gasteiger partial charge in [0.15, 0.2) is 5.88 Å². The van der Waals surface area contributed by atoms with Gasteiger partial charge in [-0.15, -0.1) is 0 Å². The molecule has 1 heterocycles. The number of anilines is 1. The average Bonchev–Trinajstić information content (AvgIpc) is 2.65. The predicted molar refractivity (Wildman–Crippen MR) is 117 cm³/mol. The minimum absolute atomic E-state index is 0. The van der Waals surface area contributed by atoms with E-state index in [1.54, 1.807) is 0 Å². The number of ether oxygens (including phenoxy) is 1. The zero-order valence-electron chi connectivity index (χ0n) is 18.1. The molecule has 6 nitrogen and oxygen atoms in total. The fourth-order valence-electron chi connectivity index (χ4n) is 2.58. The number of primary amides is 1. The van der Waals surface area contributed by atoms with Gasteiger partial charge in [0.25, 0.3) is 0 Å². The second kappa shape index (κ2) is 13.8. The third-order valence-electron chi connectivity index (χ3n) is 3.84. The van der Waals surface area contributed by atoms with E-state index in [0.29, 0.717) is 12.2 Å². The molecule has 1 aliphatic heterocycles. The molecular weight excluding hydrogens is 359 g/mol. The lowest BCUT2D eigenvalue weighted by Crippen LogP contribution is -2.25. The van der Waals surface area contributed by atoms with Crippen LogP contribution in [0.1, 0.15) is 72.4 Å². The molecule has 0 spiro atoms. The molecule has 1 aliphatic rings. The zero-order valence-corrected chi connectivity index (χ0v) is 18.1. The van der Waals surface area contributed by atoms with Crippen molar-refractivity contribution in [2.45, 2.75) is 59.8 Å². The first kappa shape index (κ1) is 25.7. The number of hydrogen-bond acceptors (Lipinski definition) is 4. The summed E-state index contributed by atoms with van der Waals surface area (Å²) in [5, 5.41) is 5.68. The molecule has 6 N–H and O–H groups in total. The molecule has 1 saturated heterocycles. The van der Waals surface area contributed by atoms with Crippen LogP contribution in [0.5, 0.6) is 0 Å². The average molecular weight is 399 g/mol. The minimum Gasteiger partial charge on any atom is -0.479 e. The van der Waals surface area contributed by atoms with Crippen LogP contribution in [0.3, 0.4) is 0 Å². The topological polar surface area (TPSA) is 102 Å². The smallest absolute Gasteiger partial charge is 0.316 e. The molecule has 2 amide bonds. The van der Waals surface area contributed by atoms with Crippen molar-refractivity contribution in [3.05, 3.63) is 41.0 Å². The Kier molecular flexibility index (Phi) is 12.7. The van der Waals surface area contributed by atoms with Crippen LogP contribution >= 0.6 is 0 Å². The zero-order chi connectivity index (χ0) is 21.7. The fourth-order valence-corrected chi connectivity index (χ4v) is 2.58. The number of nitrogens with two attached hydrogens (primary N) is 2. The van der Waals surface area contributed by atoms with Gasteiger partial charge in [-0.05, 0) is 47.6 Å². The number of amides is 2. The van der Waals surface area contributed by atoms with Crippen LogP contribution in [0.2, 0.25) is 0 Å². The van der Waals surface area contributed by atoms with Crippen molar-refractivity contribution in [2.24, 2.45) is 11.5 Å². The number of benzene rings is 1. The number of rotatable bonds is 4. The summed E-state index contributed by atoms with van der Waals surface area (Å²) in [7, 11) is 0. The van der Waals surface area contributed by atoms with Gasteiger partial charge in [-0.1, -0.05) is 41.5 Å². The van der Waals surface area contributed by atoms with Crippen molar-refractivity contribution in [1.29, 1.82) is 0 Å². The highest BCUT2D eigenvalue weighted by Crippen LogP contribution is 2.33. The Bertz CT molecular complexity index is 600. The lowest BCUT2D eigenvalue weighted by Gasteiger charge is -2.19. The molecule has 1 aromatic rings. The van der Waals surface area contributed by atoms with Gasteiger partial charge in [0.2, 0.25) is 0 Å². The minimum atomic E-state index is -0.625. The Balaban J connectivity index is 0. The highest BCUT2D eigenvalue weighted by Gasteiger charge is 2.17. The molecule has 28 heavy (non-hydrogen) atoms. The van der Waals surface area contributed by atoms with Crippen molar-refractivity contribution in [3.63, 3.8) is 0 Å². The second-order valence-corrected chi connectivity index (χ2v) is 6.69. The molecule has 1 fully saturated rings. The number of nitrogens with one attached hydrogen (secondary N) is 2. The molecule has 1 aromatic carbocycles. The second-order valence-electron chi connectivity index (χ2n) is 6.69. The third-order valence-corrected chi connectivity index (χ3v) is 3.84. The van der Waals surface area contributed by atoms with E-state index in [-0.39, 0.29) is 19.1 Å². The first-order valence-electron chi connectivity index (χ1n) is 9.92. The Labute approximate surface area is 170 Å². The summed E-state index contributed by atoms with van der Waals surface area (Å²) in [6, 6.07) is 2.27. The van der Waals surface area contributed by atoms with Crippen molar-refractivity contribution in [1.82, 2.24) is 5.32 Å². The summed E-state index contributed by atoms with van der Waals surface area (Å²) in [6.45, 7) is 14.2. The van der Waals surface area contributed by atoms with E-state index in [4.69, 9.17) is 16.2 Å². The molecule has 2 rings (SSSR count). The maximum atomic E-state index is 13.5. The molecule has 0 aliphatic carbocycles. The van der Waals surface area contributed by atoms with Crippen LogP contribution in [-0.4, -0.2) is 25.7 Å². The Hall–Kier alpha value is -2.28. The van der Waals surface area contributed by atoms with Crippen LogP contribution in [0, 0.1) is 5.82 Å². The summed E-state index contributed by atoms with van der Waals surface area (Å²) in [5.41, 5.74) is 12.6. The van der Waals surface area contributed by atoms with Crippen LogP contribution in [0.25, 0.3) is 0 Å². The van der Waals surface area contributed by atoms with Crippen LogP contribution in [0.4, 0.5) is 14.9 Å². The Morgan fingerprint density at radius 1 is 1.29 bits per heavy atom. The van der Waals surface area contributed by atoms with Gasteiger partial charge in [0.1, 0.15) is 5.82 Å². The molecule has 0 aromatic heterocycles. The first-order chi connectivity index (χ1) is 13.3. The maximum Gasteiger partial charge on any atom is 0.316 e. The van der Waals surface area contributed by atoms with Crippen LogP contribution in [0.15, 0.2) is 24.1 Å². The van der Waals surface area contributed by atoms with Gasteiger partial charge in [0, 0.05) is 20.2 Å². The van der Waals surface area contributed by atoms with E-state index in [9.17, 15) is 9.18 Å². The molecule has 7 heteroatoms. The van der Waals surface area contributed by atoms with Gasteiger partial charge in [-0.25, -0.2) is 9.18 Å². The molecule has 0 bridgehead atoms. The van der Waals surface area contributed by atoms with Crippen molar-refractivity contribution >= 4 is 11.7 Å². The molecule has 0 atom stereocenters.